The van der Waals surface area contributed by atoms with Gasteiger partial charge in [-0.1, -0.05) is 18.6 Å². The van der Waals surface area contributed by atoms with Crippen molar-refractivity contribution in [2.24, 2.45) is 10.7 Å². The largest absolute Gasteiger partial charge is 0.460 e. The number of carbonyl (C=O) groups is 1. The lowest BCUT2D eigenvalue weighted by Gasteiger charge is -2.36. The number of nitrogens with zero attached hydrogens (tertiary/aromatic N) is 2. The van der Waals surface area contributed by atoms with Crippen molar-refractivity contribution in [3.05, 3.63) is 23.3 Å². The van der Waals surface area contributed by atoms with Crippen LogP contribution in [-0.4, -0.2) is 54.9 Å². The van der Waals surface area contributed by atoms with Crippen LogP contribution in [-0.2, 0) is 9.53 Å². The summed E-state index contributed by atoms with van der Waals surface area (Å²) in [7, 11) is 0. The van der Waals surface area contributed by atoms with Crippen LogP contribution in [0.2, 0.25) is 0 Å². The molecular formula is C20H33N3O2. The second-order valence-corrected chi connectivity index (χ2v) is 7.96. The number of carbonyl (C=O) groups excluding carboxylic acids is 1. The molecule has 5 nitrogen and oxygen atoms in total. The number of aliphatic imine (C=N–C) groups is 1. The van der Waals surface area contributed by atoms with Gasteiger partial charge in [0.2, 0.25) is 0 Å². The highest BCUT2D eigenvalue weighted by molar-refractivity contribution is 5.85. The van der Waals surface area contributed by atoms with Crippen LogP contribution in [0.1, 0.15) is 52.9 Å². The van der Waals surface area contributed by atoms with Gasteiger partial charge in [-0.05, 0) is 64.3 Å². The van der Waals surface area contributed by atoms with Gasteiger partial charge in [-0.2, -0.15) is 0 Å². The highest BCUT2D eigenvalue weighted by atomic mass is 16.6. The summed E-state index contributed by atoms with van der Waals surface area (Å²) in [6, 6.07) is 0.597. The van der Waals surface area contributed by atoms with Crippen molar-refractivity contribution in [2.75, 3.05) is 26.2 Å². The number of rotatable bonds is 6. The van der Waals surface area contributed by atoms with Crippen LogP contribution in [0.25, 0.3) is 0 Å². The number of allylic oxidation sites excluding steroid dienone is 2. The van der Waals surface area contributed by atoms with Crippen LogP contribution < -0.4 is 5.73 Å². The summed E-state index contributed by atoms with van der Waals surface area (Å²) in [5, 5.41) is 0. The summed E-state index contributed by atoms with van der Waals surface area (Å²) in [6.07, 6.45) is 11.1. The van der Waals surface area contributed by atoms with Gasteiger partial charge in [0.05, 0.1) is 13.0 Å². The SMILES string of the molecule is CC(C)(C)OC(=O)C/C=C1\C=NCC(CN2CCCCC2CCN)=C1. The van der Waals surface area contributed by atoms with E-state index in [1.165, 1.54) is 24.8 Å². The van der Waals surface area contributed by atoms with Crippen molar-refractivity contribution in [1.82, 2.24) is 4.90 Å². The fourth-order valence-electron chi connectivity index (χ4n) is 3.43. The van der Waals surface area contributed by atoms with Gasteiger partial charge in [0.1, 0.15) is 5.60 Å². The molecule has 2 heterocycles. The second kappa shape index (κ2) is 9.30. The molecule has 2 rings (SSSR count). The van der Waals surface area contributed by atoms with E-state index in [-0.39, 0.29) is 12.4 Å². The van der Waals surface area contributed by atoms with Crippen molar-refractivity contribution in [3.63, 3.8) is 0 Å². The Morgan fingerprint density at radius 3 is 2.96 bits per heavy atom. The van der Waals surface area contributed by atoms with Crippen LogP contribution in [0.3, 0.4) is 0 Å². The van der Waals surface area contributed by atoms with Crippen LogP contribution >= 0.6 is 0 Å². The average Bonchev–Trinajstić information content (AvgIpc) is 2.54. The van der Waals surface area contributed by atoms with Crippen molar-refractivity contribution >= 4 is 12.2 Å². The van der Waals surface area contributed by atoms with E-state index in [1.54, 1.807) is 0 Å². The summed E-state index contributed by atoms with van der Waals surface area (Å²) in [5.74, 6) is -0.201. The molecule has 0 aromatic carbocycles. The summed E-state index contributed by atoms with van der Waals surface area (Å²) < 4.78 is 5.35. The number of nitrogens with two attached hydrogens (primary N) is 1. The molecule has 0 amide bonds. The molecule has 2 aliphatic heterocycles. The number of hydrogen-bond acceptors (Lipinski definition) is 5. The maximum atomic E-state index is 11.9. The lowest BCUT2D eigenvalue weighted by Crippen LogP contribution is -2.42. The Morgan fingerprint density at radius 2 is 2.24 bits per heavy atom. The molecule has 0 aromatic rings. The summed E-state index contributed by atoms with van der Waals surface area (Å²) in [6.45, 7) is 9.24. The predicted octanol–water partition coefficient (Wildman–Crippen LogP) is 2.86. The first-order chi connectivity index (χ1) is 11.9. The lowest BCUT2D eigenvalue weighted by molar-refractivity contribution is -0.153. The van der Waals surface area contributed by atoms with Gasteiger partial charge in [0.15, 0.2) is 0 Å². The van der Waals surface area contributed by atoms with Crippen LogP contribution in [0.5, 0.6) is 0 Å². The predicted molar refractivity (Wildman–Crippen MR) is 103 cm³/mol. The zero-order chi connectivity index (χ0) is 18.3. The molecule has 0 spiro atoms. The molecule has 2 N–H and O–H groups in total. The molecule has 1 saturated heterocycles. The summed E-state index contributed by atoms with van der Waals surface area (Å²) in [4.78, 5) is 18.9. The molecule has 140 valence electrons. The number of dihydropyridines is 1. The standard InChI is InChI=1S/C20H33N3O2/c1-20(2,3)25-19(24)8-7-16-12-17(14-22-13-16)15-23-11-5-4-6-18(23)9-10-21/h7,12-13,18H,4-6,8-11,14-15,21H2,1-3H3/b16-7-. The first-order valence-corrected chi connectivity index (χ1v) is 9.43. The van der Waals surface area contributed by atoms with Crippen LogP contribution in [0.15, 0.2) is 28.3 Å². The van der Waals surface area contributed by atoms with Crippen LogP contribution in [0, 0.1) is 0 Å². The maximum absolute atomic E-state index is 11.9. The molecule has 1 fully saturated rings. The van der Waals surface area contributed by atoms with E-state index in [0.29, 0.717) is 6.04 Å². The molecule has 0 bridgehead atoms. The maximum Gasteiger partial charge on any atom is 0.310 e. The molecule has 0 radical (unpaired) electrons. The first-order valence-electron chi connectivity index (χ1n) is 9.43. The lowest BCUT2D eigenvalue weighted by atomic mass is 9.98. The van der Waals surface area contributed by atoms with Crippen molar-refractivity contribution in [2.45, 2.75) is 64.5 Å². The third-order valence-corrected chi connectivity index (χ3v) is 4.49. The normalized spacial score (nSPS) is 23.6. The Balaban J connectivity index is 1.93. The number of piperidine rings is 1. The average molecular weight is 348 g/mol. The van der Waals surface area contributed by atoms with E-state index in [9.17, 15) is 4.79 Å². The summed E-state index contributed by atoms with van der Waals surface area (Å²) in [5.41, 5.74) is 7.64. The Kier molecular flexibility index (Phi) is 7.38. The zero-order valence-corrected chi connectivity index (χ0v) is 16.0. The van der Waals surface area contributed by atoms with Gasteiger partial charge in [0, 0.05) is 18.8 Å². The third-order valence-electron chi connectivity index (χ3n) is 4.49. The zero-order valence-electron chi connectivity index (χ0n) is 16.0. The molecule has 25 heavy (non-hydrogen) atoms. The van der Waals surface area contributed by atoms with Gasteiger partial charge in [-0.3, -0.25) is 14.7 Å². The Hall–Kier alpha value is -1.46. The third kappa shape index (κ3) is 7.12. The van der Waals surface area contributed by atoms with E-state index in [2.05, 4.69) is 16.0 Å². The minimum absolute atomic E-state index is 0.201. The van der Waals surface area contributed by atoms with Crippen molar-refractivity contribution in [1.29, 1.82) is 0 Å². The molecule has 1 atom stereocenters. The van der Waals surface area contributed by atoms with E-state index in [4.69, 9.17) is 10.5 Å². The van der Waals surface area contributed by atoms with Crippen molar-refractivity contribution in [3.8, 4) is 0 Å². The minimum Gasteiger partial charge on any atom is -0.460 e. The van der Waals surface area contributed by atoms with Crippen molar-refractivity contribution < 1.29 is 9.53 Å². The summed E-state index contributed by atoms with van der Waals surface area (Å²) >= 11 is 0. The quantitative estimate of drug-likeness (QED) is 0.750. The van der Waals surface area contributed by atoms with Gasteiger partial charge >= 0.3 is 5.97 Å². The monoisotopic (exact) mass is 347 g/mol. The highest BCUT2D eigenvalue weighted by Crippen LogP contribution is 2.21. The first kappa shape index (κ1) is 19.9. The Labute approximate surface area is 152 Å². The second-order valence-electron chi connectivity index (χ2n) is 7.96. The topological polar surface area (TPSA) is 67.9 Å². The fraction of sp³-hybridized carbons (Fsp3) is 0.700. The molecule has 0 aromatic heterocycles. The van der Waals surface area contributed by atoms with Gasteiger partial charge < -0.3 is 10.5 Å². The number of hydrogen-bond donors (Lipinski definition) is 1. The molecule has 2 aliphatic rings. The molecule has 0 aliphatic carbocycles. The van der Waals surface area contributed by atoms with E-state index < -0.39 is 5.60 Å². The molecular weight excluding hydrogens is 314 g/mol. The molecule has 1 unspecified atom stereocenters. The van der Waals surface area contributed by atoms with Gasteiger partial charge in [-0.25, -0.2) is 0 Å². The Morgan fingerprint density at radius 1 is 1.44 bits per heavy atom. The fourth-order valence-corrected chi connectivity index (χ4v) is 3.43. The highest BCUT2D eigenvalue weighted by Gasteiger charge is 2.22. The van der Waals surface area contributed by atoms with Gasteiger partial charge in [0.25, 0.3) is 0 Å². The van der Waals surface area contributed by atoms with E-state index >= 15 is 0 Å². The van der Waals surface area contributed by atoms with Crippen LogP contribution in [0.4, 0.5) is 0 Å². The minimum atomic E-state index is -0.441. The number of esters is 1. The van der Waals surface area contributed by atoms with E-state index in [0.717, 1.165) is 38.2 Å². The Bertz CT molecular complexity index is 542. The number of likely N-dealkylation sites (tertiary alicyclic amines) is 1. The molecule has 5 heteroatoms. The smallest absolute Gasteiger partial charge is 0.310 e. The molecule has 0 saturated carbocycles. The van der Waals surface area contributed by atoms with Gasteiger partial charge in [-0.15, -0.1) is 0 Å². The van der Waals surface area contributed by atoms with E-state index in [1.807, 2.05) is 33.1 Å². The number of ether oxygens (including phenoxy) is 1.